The molecule has 0 amide bonds. The van der Waals surface area contributed by atoms with E-state index in [0.717, 1.165) is 21.5 Å². The fraction of sp³-hybridized carbons (Fsp3) is 0. The third-order valence-corrected chi connectivity index (χ3v) is 7.66. The van der Waals surface area contributed by atoms with Crippen molar-refractivity contribution in [3.05, 3.63) is 145 Å². The molecule has 0 spiro atoms. The summed E-state index contributed by atoms with van der Waals surface area (Å²) in [7, 11) is 0. The Hall–Kier alpha value is -5.40. The molecule has 41 heavy (non-hydrogen) atoms. The first kappa shape index (κ1) is 13.3. The number of benzene rings is 8. The van der Waals surface area contributed by atoms with Crippen molar-refractivity contribution in [1.82, 2.24) is 0 Å². The molecule has 1 heterocycles. The van der Waals surface area contributed by atoms with Gasteiger partial charge in [-0.3, -0.25) is 0 Å². The van der Waals surface area contributed by atoms with E-state index in [9.17, 15) is 4.11 Å². The fourth-order valence-corrected chi connectivity index (χ4v) is 5.88. The van der Waals surface area contributed by atoms with Crippen LogP contribution in [0.2, 0.25) is 0 Å². The summed E-state index contributed by atoms with van der Waals surface area (Å²) in [4.78, 5) is 0. The van der Waals surface area contributed by atoms with Gasteiger partial charge in [-0.2, -0.15) is 0 Å². The van der Waals surface area contributed by atoms with Crippen molar-refractivity contribution in [1.29, 1.82) is 0 Å². The van der Waals surface area contributed by atoms with Gasteiger partial charge < -0.3 is 4.42 Å². The first-order valence-electron chi connectivity index (χ1n) is 19.6. The summed E-state index contributed by atoms with van der Waals surface area (Å²) >= 11 is 0. The van der Waals surface area contributed by atoms with E-state index in [-0.39, 0.29) is 44.3 Å². The minimum atomic E-state index is -0.703. The Morgan fingerprint density at radius 1 is 0.463 bits per heavy atom. The van der Waals surface area contributed by atoms with Gasteiger partial charge in [-0.05, 0) is 89.5 Å². The summed E-state index contributed by atoms with van der Waals surface area (Å²) < 4.78 is 121. The van der Waals surface area contributed by atoms with Crippen molar-refractivity contribution < 1.29 is 22.2 Å². The second-order valence-corrected chi connectivity index (χ2v) is 9.86. The number of furan rings is 1. The maximum absolute atomic E-state index is 9.77. The lowest BCUT2D eigenvalue weighted by atomic mass is 9.88. The monoisotopic (exact) mass is 533 g/mol. The molecule has 9 aromatic rings. The van der Waals surface area contributed by atoms with Crippen LogP contribution in [0.3, 0.4) is 0 Å². The Morgan fingerprint density at radius 2 is 1.24 bits per heavy atom. The summed E-state index contributed by atoms with van der Waals surface area (Å²) in [6.07, 6.45) is 0. The normalized spacial score (nSPS) is 16.3. The number of rotatable bonds is 2. The lowest BCUT2D eigenvalue weighted by Crippen LogP contribution is -1.88. The molecule has 0 fully saturated rings. The zero-order valence-electron chi connectivity index (χ0n) is 34.3. The van der Waals surface area contributed by atoms with Gasteiger partial charge >= 0.3 is 0 Å². The maximum Gasteiger partial charge on any atom is 0.136 e. The van der Waals surface area contributed by atoms with Crippen molar-refractivity contribution >= 4 is 65.0 Å². The second kappa shape index (κ2) is 8.55. The van der Waals surface area contributed by atoms with Crippen LogP contribution < -0.4 is 0 Å². The molecule has 1 aromatic heterocycles. The van der Waals surface area contributed by atoms with E-state index in [2.05, 4.69) is 0 Å². The van der Waals surface area contributed by atoms with Crippen LogP contribution in [0.1, 0.15) is 17.8 Å². The van der Waals surface area contributed by atoms with Crippen molar-refractivity contribution in [2.45, 2.75) is 0 Å². The molecule has 0 unspecified atom stereocenters. The van der Waals surface area contributed by atoms with Gasteiger partial charge in [0.25, 0.3) is 0 Å². The number of hydrogen-bond donors (Lipinski definition) is 0. The van der Waals surface area contributed by atoms with Gasteiger partial charge in [-0.1, -0.05) is 121 Å². The van der Waals surface area contributed by atoms with E-state index in [1.165, 1.54) is 0 Å². The highest BCUT2D eigenvalue weighted by Crippen LogP contribution is 2.45. The lowest BCUT2D eigenvalue weighted by molar-refractivity contribution is 0.669. The predicted octanol–water partition coefficient (Wildman–Crippen LogP) is 11.5. The lowest BCUT2D eigenvalue weighted by Gasteiger charge is -2.15. The van der Waals surface area contributed by atoms with E-state index in [0.29, 0.717) is 16.3 Å². The van der Waals surface area contributed by atoms with Crippen LogP contribution in [0, 0.1) is 0 Å². The highest BCUT2D eigenvalue weighted by molar-refractivity contribution is 6.25. The largest absolute Gasteiger partial charge is 0.456 e. The van der Waals surface area contributed by atoms with E-state index in [4.69, 9.17) is 18.1 Å². The van der Waals surface area contributed by atoms with Crippen molar-refractivity contribution in [3.8, 4) is 22.3 Å². The minimum Gasteiger partial charge on any atom is -0.456 e. The quantitative estimate of drug-likeness (QED) is 0.159. The first-order valence-corrected chi connectivity index (χ1v) is 13.1. The van der Waals surface area contributed by atoms with E-state index in [1.54, 1.807) is 0 Å². The van der Waals surface area contributed by atoms with Crippen LogP contribution in [-0.2, 0) is 0 Å². The molecule has 0 N–H and O–H groups in total. The molecule has 0 aliphatic rings. The second-order valence-electron chi connectivity index (χ2n) is 9.86. The first-order chi connectivity index (χ1) is 25.8. The minimum absolute atomic E-state index is 0.0715. The fourth-order valence-electron chi connectivity index (χ4n) is 5.88. The molecule has 8 aromatic carbocycles. The third kappa shape index (κ3) is 3.30. The van der Waals surface area contributed by atoms with Gasteiger partial charge in [0.15, 0.2) is 0 Å². The van der Waals surface area contributed by atoms with Gasteiger partial charge in [-0.25, -0.2) is 0 Å². The van der Waals surface area contributed by atoms with E-state index in [1.807, 2.05) is 66.7 Å². The molecule has 0 aliphatic carbocycles. The summed E-state index contributed by atoms with van der Waals surface area (Å²) in [5.74, 6) is 0. The molecule has 1 heteroatoms. The standard InChI is InChI=1S/C40H24O/c1-2-10-25(11-3-1)29-17-8-14-28-23-38-36(24-34(28)29)40-33(18-9-19-37(40)41-38)39-31-16-7-5-13-27(31)22-35-30-15-6-4-12-26(30)20-21-32(35)39/h1-24H/i1D,2D,3D,8D,9D,10D,11D,14D,17D,18D,19D,23D,24D. The molecular formula is C40H24O. The summed E-state index contributed by atoms with van der Waals surface area (Å²) in [6, 6.07) is 13.7. The predicted molar refractivity (Wildman–Crippen MR) is 175 cm³/mol. The summed E-state index contributed by atoms with van der Waals surface area (Å²) in [5.41, 5.74) is -0.611. The van der Waals surface area contributed by atoms with Crippen LogP contribution in [0.25, 0.3) is 87.3 Å². The topological polar surface area (TPSA) is 13.1 Å². The maximum atomic E-state index is 9.77. The highest BCUT2D eigenvalue weighted by atomic mass is 16.3. The Balaban J connectivity index is 1.57. The van der Waals surface area contributed by atoms with Crippen molar-refractivity contribution in [3.63, 3.8) is 0 Å². The zero-order valence-corrected chi connectivity index (χ0v) is 21.3. The number of hydrogen-bond acceptors (Lipinski definition) is 1. The highest BCUT2D eigenvalue weighted by Gasteiger charge is 2.19. The molecule has 0 saturated heterocycles. The average Bonchev–Trinajstić information content (AvgIpc) is 3.58. The van der Waals surface area contributed by atoms with Crippen molar-refractivity contribution in [2.75, 3.05) is 0 Å². The Labute approximate surface area is 255 Å². The van der Waals surface area contributed by atoms with Crippen molar-refractivity contribution in [2.24, 2.45) is 0 Å². The molecule has 0 atom stereocenters. The molecule has 1 nitrogen and oxygen atoms in total. The van der Waals surface area contributed by atoms with Crippen LogP contribution in [0.5, 0.6) is 0 Å². The Kier molecular flexibility index (Phi) is 2.77. The van der Waals surface area contributed by atoms with Gasteiger partial charge in [0, 0.05) is 10.8 Å². The summed E-state index contributed by atoms with van der Waals surface area (Å²) in [5, 5.41) is 4.40. The van der Waals surface area contributed by atoms with Crippen LogP contribution in [0.4, 0.5) is 0 Å². The number of fused-ring (bicyclic) bond motifs is 8. The average molecular weight is 534 g/mol. The van der Waals surface area contributed by atoms with Crippen LogP contribution in [-0.4, -0.2) is 0 Å². The molecule has 0 bridgehead atoms. The van der Waals surface area contributed by atoms with Crippen LogP contribution in [0.15, 0.2) is 150 Å². The smallest absolute Gasteiger partial charge is 0.136 e. The third-order valence-electron chi connectivity index (χ3n) is 7.66. The van der Waals surface area contributed by atoms with Gasteiger partial charge in [0.1, 0.15) is 11.2 Å². The molecule has 9 rings (SSSR count). The Morgan fingerprint density at radius 3 is 2.15 bits per heavy atom. The van der Waals surface area contributed by atoms with Gasteiger partial charge in [-0.15, -0.1) is 0 Å². The molecular weight excluding hydrogens is 496 g/mol. The van der Waals surface area contributed by atoms with Gasteiger partial charge in [0.2, 0.25) is 0 Å². The van der Waals surface area contributed by atoms with Crippen LogP contribution >= 0.6 is 0 Å². The SMILES string of the molecule is [2H]c1c([2H])c([2H])c(-c2c([2H])c([2H])c([2H])c3c([2H])c4oc5c([2H])c([2H])c([2H])c(-c6c7ccccc7cc7c6ccc6ccccc67)c5c4c([2H])c23)c([2H])c1[2H]. The van der Waals surface area contributed by atoms with Gasteiger partial charge in [0.05, 0.1) is 17.8 Å². The van der Waals surface area contributed by atoms with E-state index >= 15 is 0 Å². The Bertz CT molecular complexity index is 3170. The molecule has 0 saturated carbocycles. The molecule has 0 radical (unpaired) electrons. The zero-order chi connectivity index (χ0) is 38.2. The molecule has 190 valence electrons. The molecule has 0 aliphatic heterocycles. The van der Waals surface area contributed by atoms with E-state index < -0.39 is 83.6 Å². The summed E-state index contributed by atoms with van der Waals surface area (Å²) in [6.45, 7) is 0.